The van der Waals surface area contributed by atoms with Gasteiger partial charge >= 0.3 is 5.69 Å². The largest absolute Gasteiger partial charge is 0.390 e. The number of hydrogen-bond acceptors (Lipinski definition) is 5. The Morgan fingerprint density at radius 2 is 2.33 bits per heavy atom. The van der Waals surface area contributed by atoms with Crippen molar-refractivity contribution in [3.8, 4) is 0 Å². The Balaban J connectivity index is 2.26. The van der Waals surface area contributed by atoms with Crippen LogP contribution in [0.4, 0.5) is 0 Å². The van der Waals surface area contributed by atoms with Crippen LogP contribution in [0.2, 0.25) is 0 Å². The number of aromatic nitrogens is 2. The topological polar surface area (TPSA) is 93.5 Å². The molecule has 2 N–H and O–H groups in total. The number of H-pyrrole nitrogens is 1. The van der Waals surface area contributed by atoms with E-state index < -0.39 is 29.7 Å². The molecule has 7 nitrogen and oxygen atoms in total. The van der Waals surface area contributed by atoms with E-state index in [2.05, 4.69) is 4.98 Å². The zero-order valence-corrected chi connectivity index (χ0v) is 10.3. The second-order valence-electron chi connectivity index (χ2n) is 4.37. The first-order valence-corrected chi connectivity index (χ1v) is 5.67. The number of rotatable bonds is 3. The first kappa shape index (κ1) is 13.0. The van der Waals surface area contributed by atoms with E-state index in [0.717, 1.165) is 0 Å². The number of nitrogens with zero attached hydrogens (tertiary/aromatic N) is 1. The molecule has 2 heterocycles. The number of aromatic amines is 1. The highest BCUT2D eigenvalue weighted by Crippen LogP contribution is 2.27. The van der Waals surface area contributed by atoms with Crippen LogP contribution in [0.3, 0.4) is 0 Å². The minimum Gasteiger partial charge on any atom is -0.390 e. The number of aliphatic hydroxyl groups excluding tert-OH is 1. The van der Waals surface area contributed by atoms with Crippen molar-refractivity contribution in [1.82, 2.24) is 9.55 Å². The van der Waals surface area contributed by atoms with Crippen LogP contribution < -0.4 is 11.2 Å². The second kappa shape index (κ2) is 5.05. The maximum atomic E-state index is 11.7. The van der Waals surface area contributed by atoms with Crippen molar-refractivity contribution in [2.45, 2.75) is 31.8 Å². The molecule has 1 aromatic heterocycles. The summed E-state index contributed by atoms with van der Waals surface area (Å²) in [5.74, 6) is 0. The summed E-state index contributed by atoms with van der Waals surface area (Å²) in [6.45, 7) is 1.86. The van der Waals surface area contributed by atoms with E-state index in [0.29, 0.717) is 12.0 Å². The summed E-state index contributed by atoms with van der Waals surface area (Å²) in [7, 11) is 1.51. The number of aliphatic hydroxyl groups is 1. The zero-order valence-electron chi connectivity index (χ0n) is 10.3. The second-order valence-corrected chi connectivity index (χ2v) is 4.37. The zero-order chi connectivity index (χ0) is 13.3. The lowest BCUT2D eigenvalue weighted by Crippen LogP contribution is -2.33. The Bertz CT molecular complexity index is 535. The molecule has 0 spiro atoms. The summed E-state index contributed by atoms with van der Waals surface area (Å²) in [5, 5.41) is 9.77. The van der Waals surface area contributed by atoms with Crippen LogP contribution in [0.15, 0.2) is 15.8 Å². The predicted octanol–water partition coefficient (Wildman–Crippen LogP) is -0.860. The van der Waals surface area contributed by atoms with Crippen LogP contribution in [-0.4, -0.2) is 40.6 Å². The van der Waals surface area contributed by atoms with E-state index in [4.69, 9.17) is 9.47 Å². The van der Waals surface area contributed by atoms with Crippen molar-refractivity contribution in [1.29, 1.82) is 0 Å². The normalized spacial score (nSPS) is 27.6. The molecule has 7 heteroatoms. The Morgan fingerprint density at radius 3 is 3.00 bits per heavy atom. The van der Waals surface area contributed by atoms with E-state index in [1.807, 2.05) is 0 Å². The van der Waals surface area contributed by atoms with Gasteiger partial charge in [-0.25, -0.2) is 4.79 Å². The summed E-state index contributed by atoms with van der Waals surface area (Å²) in [4.78, 5) is 25.1. The molecule has 1 aliphatic heterocycles. The first-order valence-electron chi connectivity index (χ1n) is 5.67. The molecular weight excluding hydrogens is 240 g/mol. The van der Waals surface area contributed by atoms with Crippen LogP contribution >= 0.6 is 0 Å². The van der Waals surface area contributed by atoms with Gasteiger partial charge < -0.3 is 14.6 Å². The Morgan fingerprint density at radius 1 is 1.61 bits per heavy atom. The van der Waals surface area contributed by atoms with Crippen LogP contribution in [0.5, 0.6) is 0 Å². The molecule has 1 saturated heterocycles. The average molecular weight is 256 g/mol. The minimum atomic E-state index is -0.686. The van der Waals surface area contributed by atoms with Crippen LogP contribution in [0, 0.1) is 6.92 Å². The highest BCUT2D eigenvalue weighted by atomic mass is 16.6. The summed E-state index contributed by atoms with van der Waals surface area (Å²) in [6, 6.07) is 0. The molecule has 18 heavy (non-hydrogen) atoms. The smallest absolute Gasteiger partial charge is 0.330 e. The van der Waals surface area contributed by atoms with E-state index in [9.17, 15) is 14.7 Å². The van der Waals surface area contributed by atoms with Crippen molar-refractivity contribution >= 4 is 0 Å². The van der Waals surface area contributed by atoms with Crippen LogP contribution in [0.25, 0.3) is 0 Å². The van der Waals surface area contributed by atoms with Crippen molar-refractivity contribution in [3.05, 3.63) is 32.6 Å². The molecule has 1 unspecified atom stereocenters. The standard InChI is InChI=1S/C11H16N2O5/c1-6-4-13(11(16)12-10(6)15)9-3-7(14)8(18-9)5-17-2/h4,7-9,14H,3,5H2,1-2H3,(H,12,15,16)/t7-,8+,9?/m0/s1. The van der Waals surface area contributed by atoms with Gasteiger partial charge in [0, 0.05) is 25.3 Å². The maximum Gasteiger partial charge on any atom is 0.330 e. The fraction of sp³-hybridized carbons (Fsp3) is 0.636. The van der Waals surface area contributed by atoms with E-state index >= 15 is 0 Å². The van der Waals surface area contributed by atoms with Crippen molar-refractivity contribution in [2.75, 3.05) is 13.7 Å². The predicted molar refractivity (Wildman–Crippen MR) is 62.5 cm³/mol. The summed E-state index contributed by atoms with van der Waals surface area (Å²) < 4.78 is 11.8. The third kappa shape index (κ3) is 2.38. The minimum absolute atomic E-state index is 0.259. The summed E-state index contributed by atoms with van der Waals surface area (Å²) in [6.07, 6.45) is 0.00378. The third-order valence-corrected chi connectivity index (χ3v) is 2.99. The first-order chi connectivity index (χ1) is 8.52. The van der Waals surface area contributed by atoms with Crippen molar-refractivity contribution < 1.29 is 14.6 Å². The fourth-order valence-corrected chi connectivity index (χ4v) is 2.00. The molecule has 2 rings (SSSR count). The SMILES string of the molecule is COC[C@H]1OC(n2cc(C)c(=O)[nH]c2=O)C[C@@H]1O. The molecule has 0 bridgehead atoms. The highest BCUT2D eigenvalue weighted by Gasteiger charge is 2.35. The lowest BCUT2D eigenvalue weighted by Gasteiger charge is -2.15. The van der Waals surface area contributed by atoms with Gasteiger partial charge in [-0.3, -0.25) is 14.3 Å². The van der Waals surface area contributed by atoms with Gasteiger partial charge in [0.1, 0.15) is 12.3 Å². The Kier molecular flexibility index (Phi) is 3.65. The lowest BCUT2D eigenvalue weighted by molar-refractivity contribution is -0.0547. The molecule has 0 aromatic carbocycles. The lowest BCUT2D eigenvalue weighted by atomic mass is 10.2. The van der Waals surface area contributed by atoms with E-state index in [-0.39, 0.29) is 6.61 Å². The Hall–Kier alpha value is -1.44. The van der Waals surface area contributed by atoms with Gasteiger partial charge in [-0.1, -0.05) is 0 Å². The summed E-state index contributed by atoms with van der Waals surface area (Å²) in [5.41, 5.74) is -0.535. The number of methoxy groups -OCH3 is 1. The average Bonchev–Trinajstić information content (AvgIpc) is 2.66. The van der Waals surface area contributed by atoms with Gasteiger partial charge in [-0.15, -0.1) is 0 Å². The molecular formula is C11H16N2O5. The van der Waals surface area contributed by atoms with Crippen molar-refractivity contribution in [2.24, 2.45) is 0 Å². The molecule has 100 valence electrons. The molecule has 1 fully saturated rings. The van der Waals surface area contributed by atoms with Gasteiger partial charge in [0.05, 0.1) is 12.7 Å². The molecule has 3 atom stereocenters. The quantitative estimate of drug-likeness (QED) is 0.734. The van der Waals surface area contributed by atoms with Crippen LogP contribution in [0.1, 0.15) is 18.2 Å². The fourth-order valence-electron chi connectivity index (χ4n) is 2.00. The number of aryl methyl sites for hydroxylation is 1. The van der Waals surface area contributed by atoms with Gasteiger partial charge in [0.2, 0.25) is 0 Å². The number of hydrogen-bond donors (Lipinski definition) is 2. The summed E-state index contributed by atoms with van der Waals surface area (Å²) >= 11 is 0. The van der Waals surface area contributed by atoms with E-state index in [1.165, 1.54) is 17.9 Å². The molecule has 0 radical (unpaired) electrons. The molecule has 1 aliphatic rings. The van der Waals surface area contributed by atoms with E-state index in [1.54, 1.807) is 6.92 Å². The number of ether oxygens (including phenoxy) is 2. The van der Waals surface area contributed by atoms with Crippen molar-refractivity contribution in [3.63, 3.8) is 0 Å². The monoisotopic (exact) mass is 256 g/mol. The molecule has 0 amide bonds. The van der Waals surface area contributed by atoms with Gasteiger partial charge in [-0.2, -0.15) is 0 Å². The Labute approximate surface area is 103 Å². The molecule has 1 aromatic rings. The maximum absolute atomic E-state index is 11.7. The molecule has 0 aliphatic carbocycles. The third-order valence-electron chi connectivity index (χ3n) is 2.99. The van der Waals surface area contributed by atoms with Gasteiger partial charge in [0.25, 0.3) is 5.56 Å². The van der Waals surface area contributed by atoms with Gasteiger partial charge in [-0.05, 0) is 6.92 Å². The van der Waals surface area contributed by atoms with Crippen LogP contribution in [-0.2, 0) is 9.47 Å². The molecule has 0 saturated carbocycles. The number of nitrogens with one attached hydrogen (secondary N) is 1. The van der Waals surface area contributed by atoms with Gasteiger partial charge in [0.15, 0.2) is 0 Å². The highest BCUT2D eigenvalue weighted by molar-refractivity contribution is 5.02.